The van der Waals surface area contributed by atoms with Crippen LogP contribution in [0.1, 0.15) is 49.9 Å². The van der Waals surface area contributed by atoms with E-state index in [-0.39, 0.29) is 11.7 Å². The van der Waals surface area contributed by atoms with Gasteiger partial charge >= 0.3 is 12.0 Å². The Kier molecular flexibility index (Phi) is 6.19. The number of ether oxygens (including phenoxy) is 1. The van der Waals surface area contributed by atoms with Gasteiger partial charge in [-0.25, -0.2) is 4.79 Å². The molecule has 1 saturated carbocycles. The molecule has 1 aliphatic heterocycles. The number of benzene rings is 1. The van der Waals surface area contributed by atoms with Crippen molar-refractivity contribution in [1.82, 2.24) is 10.2 Å². The van der Waals surface area contributed by atoms with Crippen LogP contribution >= 0.6 is 0 Å². The third kappa shape index (κ3) is 4.34. The summed E-state index contributed by atoms with van der Waals surface area (Å²) < 4.78 is 4.92. The molecule has 2 aliphatic rings. The maximum atomic E-state index is 12.8. The van der Waals surface area contributed by atoms with E-state index in [2.05, 4.69) is 10.6 Å². The predicted molar refractivity (Wildman–Crippen MR) is 107 cm³/mol. The molecular formula is C21H25N3O6. The Bertz CT molecular complexity index is 898. The van der Waals surface area contributed by atoms with Crippen LogP contribution in [0.4, 0.5) is 10.5 Å². The number of rotatable bonds is 6. The van der Waals surface area contributed by atoms with Gasteiger partial charge in [-0.15, -0.1) is 0 Å². The molecular weight excluding hydrogens is 390 g/mol. The standard InChI is InChI=1S/C21H25N3O6/c1-13-6-3-4-9-21(13)19(28)24(20(29)23-21)11-18(27)30-12-17(26)22-16-8-5-7-15(10-16)14(2)25/h5,7-8,10,13H,3-4,6,9,11-12H2,1-2H3,(H,22,26)(H,23,29)/t13-,21+/m1/s1. The molecule has 2 fully saturated rings. The fourth-order valence-corrected chi connectivity index (χ4v) is 3.97. The molecule has 0 aromatic heterocycles. The van der Waals surface area contributed by atoms with Crippen LogP contribution in [0.15, 0.2) is 24.3 Å². The Balaban J connectivity index is 1.52. The molecule has 30 heavy (non-hydrogen) atoms. The van der Waals surface area contributed by atoms with Crippen LogP contribution in [0, 0.1) is 5.92 Å². The summed E-state index contributed by atoms with van der Waals surface area (Å²) in [6.07, 6.45) is 3.21. The van der Waals surface area contributed by atoms with Gasteiger partial charge < -0.3 is 15.4 Å². The fraction of sp³-hybridized carbons (Fsp3) is 0.476. The number of hydrogen-bond acceptors (Lipinski definition) is 6. The minimum absolute atomic E-state index is 0.0136. The lowest BCUT2D eigenvalue weighted by molar-refractivity contribution is -0.150. The molecule has 0 unspecified atom stereocenters. The van der Waals surface area contributed by atoms with Gasteiger partial charge in [0.25, 0.3) is 11.8 Å². The Morgan fingerprint density at radius 3 is 2.73 bits per heavy atom. The smallest absolute Gasteiger partial charge is 0.326 e. The molecule has 0 bridgehead atoms. The van der Waals surface area contributed by atoms with Crippen molar-refractivity contribution < 1.29 is 28.7 Å². The Hall–Kier alpha value is -3.23. The summed E-state index contributed by atoms with van der Waals surface area (Å²) in [6, 6.07) is 5.74. The van der Waals surface area contributed by atoms with E-state index < -0.39 is 42.5 Å². The van der Waals surface area contributed by atoms with Gasteiger partial charge in [-0.3, -0.25) is 24.1 Å². The summed E-state index contributed by atoms with van der Waals surface area (Å²) in [4.78, 5) is 61.5. The first-order valence-electron chi connectivity index (χ1n) is 9.93. The largest absolute Gasteiger partial charge is 0.454 e. The number of nitrogens with zero attached hydrogens (tertiary/aromatic N) is 1. The van der Waals surface area contributed by atoms with Gasteiger partial charge in [-0.2, -0.15) is 0 Å². The Labute approximate surface area is 174 Å². The molecule has 160 valence electrons. The first-order chi connectivity index (χ1) is 14.2. The van der Waals surface area contributed by atoms with Crippen molar-refractivity contribution >= 4 is 35.3 Å². The number of esters is 1. The van der Waals surface area contributed by atoms with Crippen LogP contribution in [0.2, 0.25) is 0 Å². The van der Waals surface area contributed by atoms with Crippen molar-refractivity contribution in [1.29, 1.82) is 0 Å². The first kappa shape index (κ1) is 21.5. The highest BCUT2D eigenvalue weighted by molar-refractivity contribution is 6.09. The highest BCUT2D eigenvalue weighted by Crippen LogP contribution is 2.38. The zero-order chi connectivity index (χ0) is 21.9. The van der Waals surface area contributed by atoms with Crippen molar-refractivity contribution in [2.24, 2.45) is 5.92 Å². The van der Waals surface area contributed by atoms with E-state index in [1.807, 2.05) is 6.92 Å². The monoisotopic (exact) mass is 415 g/mol. The number of Topliss-reactive ketones (excluding diaryl/α,β-unsaturated/α-hetero) is 1. The number of urea groups is 1. The molecule has 1 saturated heterocycles. The van der Waals surface area contributed by atoms with Crippen LogP contribution in [0.5, 0.6) is 0 Å². The van der Waals surface area contributed by atoms with Gasteiger partial charge in [-0.05, 0) is 37.8 Å². The molecule has 1 spiro atoms. The normalized spacial score (nSPS) is 23.3. The predicted octanol–water partition coefficient (Wildman–Crippen LogP) is 1.87. The van der Waals surface area contributed by atoms with Crippen LogP contribution < -0.4 is 10.6 Å². The lowest BCUT2D eigenvalue weighted by atomic mass is 9.73. The number of anilines is 1. The number of carbonyl (C=O) groups excluding carboxylic acids is 5. The maximum absolute atomic E-state index is 12.8. The molecule has 0 radical (unpaired) electrons. The molecule has 9 heteroatoms. The molecule has 2 atom stereocenters. The maximum Gasteiger partial charge on any atom is 0.326 e. The van der Waals surface area contributed by atoms with Gasteiger partial charge in [0.05, 0.1) is 0 Å². The summed E-state index contributed by atoms with van der Waals surface area (Å²) >= 11 is 0. The molecule has 1 heterocycles. The van der Waals surface area contributed by atoms with E-state index in [9.17, 15) is 24.0 Å². The minimum atomic E-state index is -0.950. The van der Waals surface area contributed by atoms with Gasteiger partial charge in [0, 0.05) is 11.3 Å². The van der Waals surface area contributed by atoms with Crippen LogP contribution in [0.25, 0.3) is 0 Å². The second-order valence-corrected chi connectivity index (χ2v) is 7.79. The van der Waals surface area contributed by atoms with Crippen molar-refractivity contribution in [2.75, 3.05) is 18.5 Å². The number of amides is 4. The lowest BCUT2D eigenvalue weighted by Gasteiger charge is -2.36. The van der Waals surface area contributed by atoms with Gasteiger partial charge in [0.1, 0.15) is 12.1 Å². The van der Waals surface area contributed by atoms with Gasteiger partial charge in [0.2, 0.25) is 0 Å². The number of hydrogen-bond donors (Lipinski definition) is 2. The molecule has 1 aliphatic carbocycles. The fourth-order valence-electron chi connectivity index (χ4n) is 3.97. The number of imide groups is 1. The van der Waals surface area contributed by atoms with Crippen molar-refractivity contribution in [3.63, 3.8) is 0 Å². The summed E-state index contributed by atoms with van der Waals surface area (Å²) in [5.74, 6) is -2.02. The second-order valence-electron chi connectivity index (χ2n) is 7.79. The highest BCUT2D eigenvalue weighted by atomic mass is 16.5. The van der Waals surface area contributed by atoms with Gasteiger partial charge in [-0.1, -0.05) is 31.9 Å². The number of ketones is 1. The first-order valence-corrected chi connectivity index (χ1v) is 9.93. The summed E-state index contributed by atoms with van der Waals surface area (Å²) in [5, 5.41) is 5.29. The lowest BCUT2D eigenvalue weighted by Crippen LogP contribution is -2.54. The summed E-state index contributed by atoms with van der Waals surface area (Å²) in [6.45, 7) is 2.21. The highest BCUT2D eigenvalue weighted by Gasteiger charge is 2.55. The van der Waals surface area contributed by atoms with E-state index in [0.29, 0.717) is 17.7 Å². The number of nitrogens with one attached hydrogen (secondary N) is 2. The Morgan fingerprint density at radius 1 is 1.27 bits per heavy atom. The average Bonchev–Trinajstić information content (AvgIpc) is 2.94. The van der Waals surface area contributed by atoms with Crippen LogP contribution in [0.3, 0.4) is 0 Å². The zero-order valence-electron chi connectivity index (χ0n) is 17.0. The van der Waals surface area contributed by atoms with E-state index >= 15 is 0 Å². The topological polar surface area (TPSA) is 122 Å². The molecule has 2 N–H and O–H groups in total. The van der Waals surface area contributed by atoms with Crippen molar-refractivity contribution in [3.8, 4) is 0 Å². The van der Waals surface area contributed by atoms with Gasteiger partial charge in [0.15, 0.2) is 12.4 Å². The van der Waals surface area contributed by atoms with E-state index in [4.69, 9.17) is 4.74 Å². The van der Waals surface area contributed by atoms with E-state index in [1.165, 1.54) is 13.0 Å². The molecule has 4 amide bonds. The zero-order valence-corrected chi connectivity index (χ0v) is 17.0. The molecule has 1 aromatic carbocycles. The third-order valence-corrected chi connectivity index (χ3v) is 5.71. The average molecular weight is 415 g/mol. The summed E-state index contributed by atoms with van der Waals surface area (Å²) in [5.41, 5.74) is -0.116. The van der Waals surface area contributed by atoms with E-state index in [1.54, 1.807) is 18.2 Å². The Morgan fingerprint density at radius 2 is 2.03 bits per heavy atom. The minimum Gasteiger partial charge on any atom is -0.454 e. The summed E-state index contributed by atoms with van der Waals surface area (Å²) in [7, 11) is 0. The quantitative estimate of drug-likeness (QED) is 0.416. The molecule has 1 aromatic rings. The van der Waals surface area contributed by atoms with Crippen molar-refractivity contribution in [3.05, 3.63) is 29.8 Å². The molecule has 3 rings (SSSR count). The van der Waals surface area contributed by atoms with Crippen LogP contribution in [-0.2, 0) is 19.1 Å². The SMILES string of the molecule is CC(=O)c1cccc(NC(=O)COC(=O)CN2C(=O)N[C@]3(CCCC[C@H]3C)C2=O)c1. The second kappa shape index (κ2) is 8.64. The van der Waals surface area contributed by atoms with E-state index in [0.717, 1.165) is 24.2 Å². The number of carbonyl (C=O) groups is 5. The van der Waals surface area contributed by atoms with Crippen LogP contribution in [-0.4, -0.2) is 53.2 Å². The third-order valence-electron chi connectivity index (χ3n) is 5.71. The molecule has 9 nitrogen and oxygen atoms in total. The van der Waals surface area contributed by atoms with Crippen molar-refractivity contribution in [2.45, 2.75) is 45.1 Å².